The molecule has 1 amide bonds. The fraction of sp³-hybridized carbons (Fsp3) is 0.143. The molecule has 0 radical (unpaired) electrons. The monoisotopic (exact) mass is 473 g/mol. The Hall–Kier alpha value is -2.71. The van der Waals surface area contributed by atoms with E-state index in [-0.39, 0.29) is 10.8 Å². The lowest BCUT2D eigenvalue weighted by Crippen LogP contribution is -2.16. The van der Waals surface area contributed by atoms with Crippen LogP contribution in [0.4, 0.5) is 11.4 Å². The quantitative estimate of drug-likeness (QED) is 0.555. The van der Waals surface area contributed by atoms with E-state index in [1.807, 2.05) is 26.0 Å². The van der Waals surface area contributed by atoms with Gasteiger partial charge in [0.05, 0.1) is 16.1 Å². The Bertz CT molecular complexity index is 1190. The highest BCUT2D eigenvalue weighted by Gasteiger charge is 2.18. The molecule has 2 aromatic carbocycles. The maximum absolute atomic E-state index is 12.9. The molecular weight excluding hydrogens is 454 g/mol. The molecule has 2 N–H and O–H groups in total. The number of pyridine rings is 1. The van der Waals surface area contributed by atoms with Crippen LogP contribution in [0.2, 0.25) is 0 Å². The lowest BCUT2D eigenvalue weighted by Gasteiger charge is -2.14. The van der Waals surface area contributed by atoms with Gasteiger partial charge >= 0.3 is 0 Å². The number of hydrogen-bond acceptors (Lipinski definition) is 4. The predicted molar refractivity (Wildman–Crippen MR) is 118 cm³/mol. The lowest BCUT2D eigenvalue weighted by atomic mass is 10.1. The normalized spacial score (nSPS) is 11.2. The Morgan fingerprint density at radius 1 is 0.931 bits per heavy atom. The predicted octanol–water partition coefficient (Wildman–Crippen LogP) is 4.82. The molecule has 1 heterocycles. The number of nitrogens with one attached hydrogen (secondary N) is 2. The van der Waals surface area contributed by atoms with E-state index >= 15 is 0 Å². The van der Waals surface area contributed by atoms with Gasteiger partial charge < -0.3 is 5.32 Å². The minimum absolute atomic E-state index is 0.0609. The van der Waals surface area contributed by atoms with Crippen LogP contribution in [-0.4, -0.2) is 19.3 Å². The van der Waals surface area contributed by atoms with Crippen LogP contribution in [0, 0.1) is 20.8 Å². The van der Waals surface area contributed by atoms with Crippen molar-refractivity contribution in [3.63, 3.8) is 0 Å². The second kappa shape index (κ2) is 8.34. The third-order valence-electron chi connectivity index (χ3n) is 4.36. The van der Waals surface area contributed by atoms with E-state index in [9.17, 15) is 13.2 Å². The van der Waals surface area contributed by atoms with E-state index in [2.05, 4.69) is 31.0 Å². The number of carbonyl (C=O) groups is 1. The molecule has 0 unspecified atom stereocenters. The van der Waals surface area contributed by atoms with Gasteiger partial charge in [-0.1, -0.05) is 23.8 Å². The van der Waals surface area contributed by atoms with Gasteiger partial charge in [0.1, 0.15) is 0 Å². The van der Waals surface area contributed by atoms with E-state index in [1.54, 1.807) is 31.3 Å². The Kier molecular flexibility index (Phi) is 6.04. The number of nitrogens with zero attached hydrogens (tertiary/aromatic N) is 1. The highest BCUT2D eigenvalue weighted by atomic mass is 79.9. The van der Waals surface area contributed by atoms with Crippen molar-refractivity contribution >= 4 is 43.2 Å². The summed E-state index contributed by atoms with van der Waals surface area (Å²) in [6.45, 7) is 5.58. The van der Waals surface area contributed by atoms with Crippen molar-refractivity contribution in [3.8, 4) is 0 Å². The highest BCUT2D eigenvalue weighted by Crippen LogP contribution is 2.25. The minimum Gasteiger partial charge on any atom is -0.322 e. The van der Waals surface area contributed by atoms with Gasteiger partial charge in [0, 0.05) is 22.6 Å². The first-order valence-electron chi connectivity index (χ1n) is 8.78. The van der Waals surface area contributed by atoms with Crippen LogP contribution in [0.15, 0.2) is 64.2 Å². The summed E-state index contributed by atoms with van der Waals surface area (Å²) in [4.78, 5) is 16.5. The minimum atomic E-state index is -3.82. The van der Waals surface area contributed by atoms with Crippen molar-refractivity contribution in [2.24, 2.45) is 0 Å². The second-order valence-corrected chi connectivity index (χ2v) is 9.34. The van der Waals surface area contributed by atoms with Gasteiger partial charge in [-0.25, -0.2) is 8.42 Å². The number of carbonyl (C=O) groups excluding carboxylic acids is 1. The van der Waals surface area contributed by atoms with Crippen LogP contribution in [0.5, 0.6) is 0 Å². The van der Waals surface area contributed by atoms with Crippen molar-refractivity contribution in [1.82, 2.24) is 4.98 Å². The Morgan fingerprint density at radius 2 is 1.69 bits per heavy atom. The summed E-state index contributed by atoms with van der Waals surface area (Å²) >= 11 is 3.28. The molecule has 1 aromatic heterocycles. The third kappa shape index (κ3) is 5.02. The molecule has 8 heteroatoms. The molecule has 0 aliphatic rings. The van der Waals surface area contributed by atoms with Crippen LogP contribution in [0.1, 0.15) is 27.0 Å². The first-order chi connectivity index (χ1) is 13.7. The van der Waals surface area contributed by atoms with Crippen molar-refractivity contribution in [1.29, 1.82) is 0 Å². The Morgan fingerprint density at radius 3 is 2.38 bits per heavy atom. The summed E-state index contributed by atoms with van der Waals surface area (Å²) < 4.78 is 29.0. The maximum Gasteiger partial charge on any atom is 0.261 e. The van der Waals surface area contributed by atoms with Gasteiger partial charge in [0.15, 0.2) is 0 Å². The molecule has 0 spiro atoms. The van der Waals surface area contributed by atoms with Crippen LogP contribution >= 0.6 is 15.9 Å². The van der Waals surface area contributed by atoms with E-state index in [4.69, 9.17) is 0 Å². The number of hydrogen-bond donors (Lipinski definition) is 2. The summed E-state index contributed by atoms with van der Waals surface area (Å²) in [6, 6.07) is 11.7. The fourth-order valence-corrected chi connectivity index (χ4v) is 4.29. The average Bonchev–Trinajstić information content (AvgIpc) is 2.65. The molecule has 150 valence electrons. The van der Waals surface area contributed by atoms with Crippen molar-refractivity contribution < 1.29 is 13.2 Å². The smallest absolute Gasteiger partial charge is 0.261 e. The SMILES string of the molecule is Cc1ccc(NS(=O)(=O)c2ccc(C)c(NC(=O)c3cncc(Br)c3)c2)c(C)c1. The topological polar surface area (TPSA) is 88.2 Å². The maximum atomic E-state index is 12.9. The van der Waals surface area contributed by atoms with Gasteiger partial charge in [-0.05, 0) is 72.1 Å². The molecule has 0 saturated carbocycles. The molecule has 0 aliphatic heterocycles. The van der Waals surface area contributed by atoms with Crippen molar-refractivity contribution in [3.05, 3.63) is 81.6 Å². The van der Waals surface area contributed by atoms with E-state index in [0.29, 0.717) is 21.4 Å². The van der Waals surface area contributed by atoms with Gasteiger partial charge in [-0.15, -0.1) is 0 Å². The zero-order valence-corrected chi connectivity index (χ0v) is 18.6. The first kappa shape index (κ1) is 21.0. The molecular formula is C21H20BrN3O3S. The number of rotatable bonds is 5. The summed E-state index contributed by atoms with van der Waals surface area (Å²) in [7, 11) is -3.82. The molecule has 0 fully saturated rings. The third-order valence-corrected chi connectivity index (χ3v) is 6.16. The molecule has 0 saturated heterocycles. The van der Waals surface area contributed by atoms with E-state index in [1.165, 1.54) is 18.3 Å². The van der Waals surface area contributed by atoms with Crippen molar-refractivity contribution in [2.45, 2.75) is 25.7 Å². The fourth-order valence-electron chi connectivity index (χ4n) is 2.77. The molecule has 0 bridgehead atoms. The number of aromatic nitrogens is 1. The summed E-state index contributed by atoms with van der Waals surface area (Å²) in [5.74, 6) is -0.376. The lowest BCUT2D eigenvalue weighted by molar-refractivity contribution is 0.102. The molecule has 3 rings (SSSR count). The van der Waals surface area contributed by atoms with E-state index in [0.717, 1.165) is 16.7 Å². The van der Waals surface area contributed by atoms with Crippen LogP contribution in [-0.2, 0) is 10.0 Å². The molecule has 0 atom stereocenters. The van der Waals surface area contributed by atoms with Gasteiger partial charge in [0.25, 0.3) is 15.9 Å². The zero-order valence-electron chi connectivity index (χ0n) is 16.2. The number of amides is 1. The first-order valence-corrected chi connectivity index (χ1v) is 11.1. The molecule has 0 aliphatic carbocycles. The number of halogens is 1. The Labute approximate surface area is 178 Å². The van der Waals surface area contributed by atoms with Crippen LogP contribution in [0.25, 0.3) is 0 Å². The number of aryl methyl sites for hydroxylation is 3. The van der Waals surface area contributed by atoms with Gasteiger partial charge in [-0.2, -0.15) is 0 Å². The zero-order chi connectivity index (χ0) is 21.2. The summed E-state index contributed by atoms with van der Waals surface area (Å²) in [5.41, 5.74) is 3.91. The number of anilines is 2. The second-order valence-electron chi connectivity index (χ2n) is 6.75. The van der Waals surface area contributed by atoms with E-state index < -0.39 is 10.0 Å². The number of sulfonamides is 1. The summed E-state index contributed by atoms with van der Waals surface area (Å²) in [5, 5.41) is 2.76. The summed E-state index contributed by atoms with van der Waals surface area (Å²) in [6.07, 6.45) is 3.02. The molecule has 29 heavy (non-hydrogen) atoms. The largest absolute Gasteiger partial charge is 0.322 e. The van der Waals surface area contributed by atoms with Crippen LogP contribution < -0.4 is 10.0 Å². The standard InChI is InChI=1S/C21H20BrN3O3S/c1-13-4-7-19(15(3)8-13)25-29(27,28)18-6-5-14(2)20(10-18)24-21(26)16-9-17(22)12-23-11-16/h4-12,25H,1-3H3,(H,24,26). The van der Waals surface area contributed by atoms with Gasteiger partial charge in [-0.3, -0.25) is 14.5 Å². The number of benzene rings is 2. The highest BCUT2D eigenvalue weighted by molar-refractivity contribution is 9.10. The van der Waals surface area contributed by atoms with Crippen molar-refractivity contribution in [2.75, 3.05) is 10.0 Å². The van der Waals surface area contributed by atoms with Gasteiger partial charge in [0.2, 0.25) is 0 Å². The average molecular weight is 474 g/mol. The molecule has 6 nitrogen and oxygen atoms in total. The Balaban J connectivity index is 1.88. The van der Waals surface area contributed by atoms with Crippen LogP contribution in [0.3, 0.4) is 0 Å². The molecule has 3 aromatic rings.